The zero-order valence-corrected chi connectivity index (χ0v) is 20.4. The summed E-state index contributed by atoms with van der Waals surface area (Å²) >= 11 is 9.71. The number of likely N-dealkylation sites (N-methyl/N-ethyl adjacent to an activating group) is 1. The molecule has 0 saturated carbocycles. The molecule has 0 radical (unpaired) electrons. The highest BCUT2D eigenvalue weighted by atomic mass is 79.9. The van der Waals surface area contributed by atoms with Crippen LogP contribution >= 0.6 is 39.9 Å². The van der Waals surface area contributed by atoms with Gasteiger partial charge in [-0.2, -0.15) is 8.42 Å². The van der Waals surface area contributed by atoms with Gasteiger partial charge < -0.3 is 8.92 Å². The van der Waals surface area contributed by atoms with Gasteiger partial charge in [0, 0.05) is 7.05 Å². The number of halogens is 1. The van der Waals surface area contributed by atoms with Crippen LogP contribution in [0.5, 0.6) is 11.5 Å². The fourth-order valence-electron chi connectivity index (χ4n) is 2.57. The molecule has 1 heterocycles. The van der Waals surface area contributed by atoms with Crippen LogP contribution in [0.4, 0.5) is 0 Å². The van der Waals surface area contributed by atoms with Crippen LogP contribution in [0.3, 0.4) is 0 Å². The summed E-state index contributed by atoms with van der Waals surface area (Å²) in [5.41, 5.74) is 1.58. The number of amides is 1. The van der Waals surface area contributed by atoms with Crippen molar-refractivity contribution in [3.05, 3.63) is 56.9 Å². The summed E-state index contributed by atoms with van der Waals surface area (Å²) in [6.07, 6.45) is 1.67. The van der Waals surface area contributed by atoms with Crippen molar-refractivity contribution in [3.63, 3.8) is 0 Å². The van der Waals surface area contributed by atoms with Crippen LogP contribution in [0.2, 0.25) is 0 Å². The molecule has 10 heteroatoms. The van der Waals surface area contributed by atoms with Crippen LogP contribution in [-0.4, -0.2) is 37.2 Å². The highest BCUT2D eigenvalue weighted by Gasteiger charge is 2.29. The predicted octanol–water partition coefficient (Wildman–Crippen LogP) is 4.75. The van der Waals surface area contributed by atoms with Gasteiger partial charge >= 0.3 is 10.1 Å². The Morgan fingerprint density at radius 2 is 1.90 bits per heavy atom. The maximum atomic E-state index is 12.7. The minimum Gasteiger partial charge on any atom is -0.490 e. The molecule has 2 aromatic carbocycles. The number of ether oxygens (including phenoxy) is 1. The average molecular weight is 528 g/mol. The number of aryl methyl sites for hydroxylation is 1. The second-order valence-electron chi connectivity index (χ2n) is 6.35. The Labute approximate surface area is 193 Å². The quantitative estimate of drug-likeness (QED) is 0.304. The topological polar surface area (TPSA) is 72.9 Å². The first-order valence-electron chi connectivity index (χ1n) is 8.81. The van der Waals surface area contributed by atoms with Crippen LogP contribution in [0.25, 0.3) is 6.08 Å². The van der Waals surface area contributed by atoms with E-state index in [1.165, 1.54) is 28.8 Å². The molecule has 30 heavy (non-hydrogen) atoms. The van der Waals surface area contributed by atoms with E-state index in [1.807, 2.05) is 6.92 Å². The molecule has 158 valence electrons. The smallest absolute Gasteiger partial charge is 0.339 e. The molecule has 1 fully saturated rings. The maximum absolute atomic E-state index is 12.7. The van der Waals surface area contributed by atoms with Gasteiger partial charge in [-0.05, 0) is 65.7 Å². The summed E-state index contributed by atoms with van der Waals surface area (Å²) in [6, 6.07) is 9.64. The van der Waals surface area contributed by atoms with E-state index in [0.29, 0.717) is 25.9 Å². The third kappa shape index (κ3) is 4.88. The van der Waals surface area contributed by atoms with Crippen LogP contribution in [0.1, 0.15) is 18.1 Å². The molecule has 1 aliphatic heterocycles. The average Bonchev–Trinajstić information content (AvgIpc) is 2.92. The van der Waals surface area contributed by atoms with E-state index in [4.69, 9.17) is 21.1 Å². The molecule has 0 bridgehead atoms. The highest BCUT2D eigenvalue weighted by Crippen LogP contribution is 2.40. The van der Waals surface area contributed by atoms with Gasteiger partial charge in [-0.25, -0.2) is 0 Å². The van der Waals surface area contributed by atoms with Crippen LogP contribution in [-0.2, 0) is 14.9 Å². The van der Waals surface area contributed by atoms with Gasteiger partial charge in [-0.3, -0.25) is 9.69 Å². The molecular formula is C20H18BrNO5S3. The molecular weight excluding hydrogens is 510 g/mol. The molecule has 6 nitrogen and oxygen atoms in total. The molecule has 1 aliphatic rings. The standard InChI is InChI=1S/C20H18BrNO5S3/c1-4-26-16-10-13(11-17-19(23)22(3)20(28)29-17)9-15(21)18(16)27-30(24,25)14-7-5-12(2)6-8-14/h5-11H,4H2,1-3H3/b17-11-. The van der Waals surface area contributed by atoms with Gasteiger partial charge in [0.15, 0.2) is 11.5 Å². The lowest BCUT2D eigenvalue weighted by Gasteiger charge is -2.14. The first kappa shape index (κ1) is 22.8. The molecule has 1 saturated heterocycles. The van der Waals surface area contributed by atoms with E-state index in [9.17, 15) is 13.2 Å². The summed E-state index contributed by atoms with van der Waals surface area (Å²) < 4.78 is 37.3. The summed E-state index contributed by atoms with van der Waals surface area (Å²) in [5, 5.41) is 0. The molecule has 1 amide bonds. The van der Waals surface area contributed by atoms with Gasteiger partial charge in [-0.1, -0.05) is 41.7 Å². The Kier molecular flexibility index (Phi) is 6.91. The van der Waals surface area contributed by atoms with Crippen molar-refractivity contribution in [2.24, 2.45) is 0 Å². The molecule has 0 unspecified atom stereocenters. The first-order valence-corrected chi connectivity index (χ1v) is 12.2. The molecule has 0 spiro atoms. The van der Waals surface area contributed by atoms with E-state index in [2.05, 4.69) is 15.9 Å². The van der Waals surface area contributed by atoms with Crippen LogP contribution in [0.15, 0.2) is 50.7 Å². The van der Waals surface area contributed by atoms with E-state index in [-0.39, 0.29) is 22.3 Å². The number of thiocarbonyl (C=S) groups is 1. The van der Waals surface area contributed by atoms with Crippen molar-refractivity contribution >= 4 is 66.3 Å². The Hall–Kier alpha value is -1.88. The van der Waals surface area contributed by atoms with Gasteiger partial charge in [-0.15, -0.1) is 0 Å². The lowest BCUT2D eigenvalue weighted by Crippen LogP contribution is -2.22. The van der Waals surface area contributed by atoms with Crippen LogP contribution < -0.4 is 8.92 Å². The van der Waals surface area contributed by atoms with Gasteiger partial charge in [0.25, 0.3) is 5.91 Å². The number of hydrogen-bond donors (Lipinski definition) is 0. The van der Waals surface area contributed by atoms with Crippen LogP contribution in [0, 0.1) is 6.92 Å². The molecule has 0 N–H and O–H groups in total. The van der Waals surface area contributed by atoms with Crippen molar-refractivity contribution in [2.45, 2.75) is 18.7 Å². The van der Waals surface area contributed by atoms with Crippen molar-refractivity contribution < 1.29 is 22.1 Å². The fraction of sp³-hybridized carbons (Fsp3) is 0.200. The normalized spacial score (nSPS) is 15.7. The number of nitrogens with zero attached hydrogens (tertiary/aromatic N) is 1. The SMILES string of the molecule is CCOc1cc(/C=C2\SC(=S)N(C)C2=O)cc(Br)c1OS(=O)(=O)c1ccc(C)cc1. The third-order valence-corrected chi connectivity index (χ3v) is 7.43. The second-order valence-corrected chi connectivity index (χ2v) is 10.4. The minimum absolute atomic E-state index is 0.0395. The summed E-state index contributed by atoms with van der Waals surface area (Å²) in [4.78, 5) is 14.2. The third-order valence-electron chi connectivity index (χ3n) is 4.12. The number of carbonyl (C=O) groups excluding carboxylic acids is 1. The van der Waals surface area contributed by atoms with Crippen molar-refractivity contribution in [1.82, 2.24) is 4.90 Å². The number of benzene rings is 2. The minimum atomic E-state index is -4.06. The summed E-state index contributed by atoms with van der Waals surface area (Å²) in [7, 11) is -2.44. The Balaban J connectivity index is 1.99. The second kappa shape index (κ2) is 9.09. The zero-order valence-electron chi connectivity index (χ0n) is 16.3. The predicted molar refractivity (Wildman–Crippen MR) is 125 cm³/mol. The molecule has 0 aliphatic carbocycles. The highest BCUT2D eigenvalue weighted by molar-refractivity contribution is 9.10. The Morgan fingerprint density at radius 1 is 1.23 bits per heavy atom. The van der Waals surface area contributed by atoms with E-state index in [0.717, 1.165) is 5.56 Å². The number of rotatable bonds is 6. The summed E-state index contributed by atoms with van der Waals surface area (Å²) in [5.74, 6) is 0.0831. The lowest BCUT2D eigenvalue weighted by atomic mass is 10.2. The monoisotopic (exact) mass is 527 g/mol. The summed E-state index contributed by atoms with van der Waals surface area (Å²) in [6.45, 7) is 3.95. The largest absolute Gasteiger partial charge is 0.490 e. The molecule has 3 rings (SSSR count). The molecule has 0 aromatic heterocycles. The molecule has 2 aromatic rings. The maximum Gasteiger partial charge on any atom is 0.339 e. The number of carbonyl (C=O) groups is 1. The van der Waals surface area contributed by atoms with Crippen molar-refractivity contribution in [1.29, 1.82) is 0 Å². The lowest BCUT2D eigenvalue weighted by molar-refractivity contribution is -0.121. The fourth-order valence-corrected chi connectivity index (χ4v) is 5.36. The van der Waals surface area contributed by atoms with Crippen molar-refractivity contribution in [2.75, 3.05) is 13.7 Å². The Bertz CT molecular complexity index is 1140. The van der Waals surface area contributed by atoms with Gasteiger partial charge in [0.1, 0.15) is 9.22 Å². The van der Waals surface area contributed by atoms with Crippen molar-refractivity contribution in [3.8, 4) is 11.5 Å². The van der Waals surface area contributed by atoms with E-state index in [1.54, 1.807) is 44.3 Å². The first-order chi connectivity index (χ1) is 14.1. The molecule has 0 atom stereocenters. The van der Waals surface area contributed by atoms with E-state index >= 15 is 0 Å². The number of hydrogen-bond acceptors (Lipinski definition) is 7. The zero-order chi connectivity index (χ0) is 22.1. The van der Waals surface area contributed by atoms with E-state index < -0.39 is 10.1 Å². The van der Waals surface area contributed by atoms with Gasteiger partial charge in [0.05, 0.1) is 16.0 Å². The number of thioether (sulfide) groups is 1. The Morgan fingerprint density at radius 3 is 2.47 bits per heavy atom. The van der Waals surface area contributed by atoms with Gasteiger partial charge in [0.2, 0.25) is 0 Å².